The van der Waals surface area contributed by atoms with E-state index in [1.807, 2.05) is 41.3 Å². The number of nitriles is 2. The van der Waals surface area contributed by atoms with Gasteiger partial charge in [-0.3, -0.25) is 0 Å². The fourth-order valence-electron chi connectivity index (χ4n) is 2.22. The van der Waals surface area contributed by atoms with E-state index in [4.69, 9.17) is 9.47 Å². The minimum Gasteiger partial charge on any atom is -0.496 e. The molecule has 5 heteroatoms. The molecule has 0 unspecified atom stereocenters. The van der Waals surface area contributed by atoms with Crippen LogP contribution in [-0.2, 0) is 4.74 Å². The van der Waals surface area contributed by atoms with Crippen LogP contribution in [0.2, 0.25) is 0 Å². The average molecular weight is 269 g/mol. The number of benzene rings is 1. The molecule has 0 N–H and O–H groups in total. The van der Waals surface area contributed by atoms with E-state index in [1.165, 1.54) is 0 Å². The maximum Gasteiger partial charge on any atom is 0.153 e. The van der Waals surface area contributed by atoms with Gasteiger partial charge in [0, 0.05) is 18.7 Å². The first-order valence-electron chi connectivity index (χ1n) is 6.32. The molecule has 1 heterocycles. The summed E-state index contributed by atoms with van der Waals surface area (Å²) in [7, 11) is 1.58. The third-order valence-corrected chi connectivity index (χ3v) is 3.15. The molecule has 1 saturated heterocycles. The highest BCUT2D eigenvalue weighted by molar-refractivity contribution is 5.77. The maximum absolute atomic E-state index is 9.22. The monoisotopic (exact) mass is 269 g/mol. The molecule has 1 aliphatic heterocycles. The molecule has 0 aliphatic carbocycles. The molecule has 1 aromatic rings. The molecule has 2 rings (SSSR count). The van der Waals surface area contributed by atoms with Crippen LogP contribution in [0.1, 0.15) is 5.56 Å². The van der Waals surface area contributed by atoms with Crippen LogP contribution in [0.4, 0.5) is 0 Å². The van der Waals surface area contributed by atoms with Crippen LogP contribution in [0.15, 0.2) is 29.8 Å². The zero-order valence-corrected chi connectivity index (χ0v) is 11.3. The van der Waals surface area contributed by atoms with Crippen LogP contribution >= 0.6 is 0 Å². The molecule has 0 atom stereocenters. The molecule has 5 nitrogen and oxygen atoms in total. The summed E-state index contributed by atoms with van der Waals surface area (Å²) in [5.41, 5.74) is 1.47. The van der Waals surface area contributed by atoms with E-state index >= 15 is 0 Å². The van der Waals surface area contributed by atoms with Gasteiger partial charge in [-0.1, -0.05) is 12.1 Å². The van der Waals surface area contributed by atoms with Gasteiger partial charge in [-0.25, -0.2) is 0 Å². The van der Waals surface area contributed by atoms with E-state index in [9.17, 15) is 10.5 Å². The summed E-state index contributed by atoms with van der Waals surface area (Å²) in [6, 6.07) is 11.4. The maximum atomic E-state index is 9.22. The van der Waals surface area contributed by atoms with Crippen molar-refractivity contribution in [1.82, 2.24) is 4.90 Å². The Kier molecular flexibility index (Phi) is 4.60. The standard InChI is InChI=1S/C15H15N3O2/c1-19-14-5-3-2-4-13(14)15(12(10-16)11-17)18-6-8-20-9-7-18/h2-5H,6-9H2,1H3. The SMILES string of the molecule is COc1ccccc1C(=C(C#N)C#N)N1CCOCC1. The van der Waals surface area contributed by atoms with Gasteiger partial charge in [-0.05, 0) is 12.1 Å². The summed E-state index contributed by atoms with van der Waals surface area (Å²) in [6.45, 7) is 2.48. The highest BCUT2D eigenvalue weighted by Crippen LogP contribution is 2.31. The summed E-state index contributed by atoms with van der Waals surface area (Å²) in [5.74, 6) is 0.650. The van der Waals surface area contributed by atoms with Gasteiger partial charge < -0.3 is 14.4 Å². The number of hydrogen-bond acceptors (Lipinski definition) is 5. The molecule has 0 saturated carbocycles. The van der Waals surface area contributed by atoms with Gasteiger partial charge in [0.2, 0.25) is 0 Å². The van der Waals surface area contributed by atoms with Gasteiger partial charge in [0.25, 0.3) is 0 Å². The van der Waals surface area contributed by atoms with Crippen molar-refractivity contribution < 1.29 is 9.47 Å². The molecular weight excluding hydrogens is 254 g/mol. The average Bonchev–Trinajstić information content (AvgIpc) is 2.53. The van der Waals surface area contributed by atoms with Crippen LogP contribution in [0.3, 0.4) is 0 Å². The summed E-state index contributed by atoms with van der Waals surface area (Å²) < 4.78 is 10.7. The second kappa shape index (κ2) is 6.60. The summed E-state index contributed by atoms with van der Waals surface area (Å²) >= 11 is 0. The number of morpholine rings is 1. The van der Waals surface area contributed by atoms with Crippen molar-refractivity contribution in [3.8, 4) is 17.9 Å². The zero-order valence-electron chi connectivity index (χ0n) is 11.3. The van der Waals surface area contributed by atoms with Gasteiger partial charge >= 0.3 is 0 Å². The molecule has 0 amide bonds. The lowest BCUT2D eigenvalue weighted by molar-refractivity contribution is 0.0638. The molecule has 0 spiro atoms. The second-order valence-electron chi connectivity index (χ2n) is 4.25. The van der Waals surface area contributed by atoms with Crippen molar-refractivity contribution >= 4 is 5.70 Å². The van der Waals surface area contributed by atoms with Crippen molar-refractivity contribution in [2.75, 3.05) is 33.4 Å². The van der Waals surface area contributed by atoms with Gasteiger partial charge in [0.05, 0.1) is 26.0 Å². The van der Waals surface area contributed by atoms with E-state index in [0.29, 0.717) is 37.7 Å². The Hall–Kier alpha value is -2.50. The van der Waals surface area contributed by atoms with Gasteiger partial charge in [0.15, 0.2) is 5.57 Å². The van der Waals surface area contributed by atoms with Crippen LogP contribution < -0.4 is 4.74 Å². The minimum atomic E-state index is 0.0939. The fraction of sp³-hybridized carbons (Fsp3) is 0.333. The summed E-state index contributed by atoms with van der Waals surface area (Å²) in [5, 5.41) is 18.4. The second-order valence-corrected chi connectivity index (χ2v) is 4.25. The number of para-hydroxylation sites is 1. The van der Waals surface area contributed by atoms with E-state index < -0.39 is 0 Å². The number of allylic oxidation sites excluding steroid dienone is 1. The largest absolute Gasteiger partial charge is 0.496 e. The van der Waals surface area contributed by atoms with Crippen molar-refractivity contribution in [2.24, 2.45) is 0 Å². The Morgan fingerprint density at radius 2 is 1.85 bits per heavy atom. The predicted octanol–water partition coefficient (Wildman–Crippen LogP) is 1.79. The quantitative estimate of drug-likeness (QED) is 0.782. The molecule has 1 fully saturated rings. The fourth-order valence-corrected chi connectivity index (χ4v) is 2.22. The lowest BCUT2D eigenvalue weighted by Gasteiger charge is -2.31. The van der Waals surface area contributed by atoms with Crippen LogP contribution in [0, 0.1) is 22.7 Å². The topological polar surface area (TPSA) is 69.3 Å². The van der Waals surface area contributed by atoms with Gasteiger partial charge in [-0.15, -0.1) is 0 Å². The highest BCUT2D eigenvalue weighted by Gasteiger charge is 2.22. The molecule has 20 heavy (non-hydrogen) atoms. The van der Waals surface area contributed by atoms with Crippen molar-refractivity contribution in [1.29, 1.82) is 10.5 Å². The van der Waals surface area contributed by atoms with E-state index in [2.05, 4.69) is 0 Å². The molecular formula is C15H15N3O2. The van der Waals surface area contributed by atoms with Crippen LogP contribution in [0.25, 0.3) is 5.70 Å². The Morgan fingerprint density at radius 3 is 2.45 bits per heavy atom. The number of ether oxygens (including phenoxy) is 2. The zero-order chi connectivity index (χ0) is 14.4. The summed E-state index contributed by atoms with van der Waals surface area (Å²) in [4.78, 5) is 2.00. The molecule has 0 radical (unpaired) electrons. The molecule has 0 aromatic heterocycles. The molecule has 102 valence electrons. The van der Waals surface area contributed by atoms with Gasteiger partial charge in [-0.2, -0.15) is 10.5 Å². The van der Waals surface area contributed by atoms with E-state index in [1.54, 1.807) is 7.11 Å². The molecule has 1 aromatic carbocycles. The molecule has 1 aliphatic rings. The van der Waals surface area contributed by atoms with E-state index in [0.717, 1.165) is 5.56 Å². The van der Waals surface area contributed by atoms with Gasteiger partial charge in [0.1, 0.15) is 17.9 Å². The first-order valence-corrected chi connectivity index (χ1v) is 6.32. The van der Waals surface area contributed by atoms with Crippen LogP contribution in [0.5, 0.6) is 5.75 Å². The number of nitrogens with zero attached hydrogens (tertiary/aromatic N) is 3. The normalized spacial score (nSPS) is 14.1. The number of hydrogen-bond donors (Lipinski definition) is 0. The minimum absolute atomic E-state index is 0.0939. The lowest BCUT2D eigenvalue weighted by atomic mass is 10.0. The van der Waals surface area contributed by atoms with Crippen molar-refractivity contribution in [2.45, 2.75) is 0 Å². The first-order chi connectivity index (χ1) is 9.81. The Balaban J connectivity index is 2.55. The van der Waals surface area contributed by atoms with Crippen molar-refractivity contribution in [3.63, 3.8) is 0 Å². The third kappa shape index (κ3) is 2.74. The highest BCUT2D eigenvalue weighted by atomic mass is 16.5. The number of rotatable bonds is 3. The molecule has 0 bridgehead atoms. The van der Waals surface area contributed by atoms with Crippen molar-refractivity contribution in [3.05, 3.63) is 35.4 Å². The lowest BCUT2D eigenvalue weighted by Crippen LogP contribution is -2.35. The smallest absolute Gasteiger partial charge is 0.153 e. The predicted molar refractivity (Wildman–Crippen MR) is 73.5 cm³/mol. The third-order valence-electron chi connectivity index (χ3n) is 3.15. The van der Waals surface area contributed by atoms with Crippen LogP contribution in [-0.4, -0.2) is 38.3 Å². The first kappa shape index (κ1) is 13.9. The Labute approximate surface area is 118 Å². The Morgan fingerprint density at radius 1 is 1.20 bits per heavy atom. The summed E-state index contributed by atoms with van der Waals surface area (Å²) in [6.07, 6.45) is 0. The van der Waals surface area contributed by atoms with E-state index in [-0.39, 0.29) is 5.57 Å². The Bertz CT molecular complexity index is 574. The number of methoxy groups -OCH3 is 1.